The SMILES string of the molecule is CCC(=O)/C(CC)=N\O. The average molecular weight is 129 g/mol. The van der Waals surface area contributed by atoms with Gasteiger partial charge in [0.2, 0.25) is 0 Å². The lowest BCUT2D eigenvalue weighted by Crippen LogP contribution is -2.10. The van der Waals surface area contributed by atoms with E-state index in [0.717, 1.165) is 0 Å². The van der Waals surface area contributed by atoms with E-state index in [4.69, 9.17) is 5.21 Å². The largest absolute Gasteiger partial charge is 0.411 e. The molecule has 0 aromatic carbocycles. The van der Waals surface area contributed by atoms with Crippen LogP contribution in [0.3, 0.4) is 0 Å². The third-order valence-corrected chi connectivity index (χ3v) is 1.10. The zero-order valence-electron chi connectivity index (χ0n) is 5.72. The predicted molar refractivity (Wildman–Crippen MR) is 34.8 cm³/mol. The third kappa shape index (κ3) is 2.26. The van der Waals surface area contributed by atoms with Crippen LogP contribution in [0.4, 0.5) is 0 Å². The Hall–Kier alpha value is -0.860. The molecule has 3 nitrogen and oxygen atoms in total. The Morgan fingerprint density at radius 3 is 2.11 bits per heavy atom. The van der Waals surface area contributed by atoms with E-state index in [1.165, 1.54) is 0 Å². The van der Waals surface area contributed by atoms with Crippen molar-refractivity contribution in [3.05, 3.63) is 0 Å². The van der Waals surface area contributed by atoms with Crippen molar-refractivity contribution in [2.75, 3.05) is 0 Å². The van der Waals surface area contributed by atoms with Crippen LogP contribution in [0.5, 0.6) is 0 Å². The van der Waals surface area contributed by atoms with E-state index in [2.05, 4.69) is 5.16 Å². The van der Waals surface area contributed by atoms with E-state index in [9.17, 15) is 4.79 Å². The second-order valence-electron chi connectivity index (χ2n) is 1.68. The van der Waals surface area contributed by atoms with Crippen molar-refractivity contribution in [2.45, 2.75) is 26.7 Å². The molecule has 0 heterocycles. The summed E-state index contributed by atoms with van der Waals surface area (Å²) in [5.41, 5.74) is 0.262. The van der Waals surface area contributed by atoms with Gasteiger partial charge in [-0.25, -0.2) is 0 Å². The second-order valence-corrected chi connectivity index (χ2v) is 1.68. The average Bonchev–Trinajstić information content (AvgIpc) is 1.90. The molecule has 0 aromatic rings. The van der Waals surface area contributed by atoms with E-state index in [0.29, 0.717) is 12.8 Å². The maximum Gasteiger partial charge on any atom is 0.180 e. The predicted octanol–water partition coefficient (Wildman–Crippen LogP) is 1.21. The van der Waals surface area contributed by atoms with Crippen molar-refractivity contribution in [2.24, 2.45) is 5.16 Å². The number of carbonyl (C=O) groups is 1. The van der Waals surface area contributed by atoms with Crippen LogP contribution in [0.2, 0.25) is 0 Å². The van der Waals surface area contributed by atoms with Gasteiger partial charge in [-0.1, -0.05) is 19.0 Å². The highest BCUT2D eigenvalue weighted by atomic mass is 16.4. The summed E-state index contributed by atoms with van der Waals surface area (Å²) in [5, 5.41) is 11.0. The first-order valence-corrected chi connectivity index (χ1v) is 3.00. The zero-order chi connectivity index (χ0) is 7.28. The molecule has 0 rings (SSSR count). The molecule has 3 heteroatoms. The van der Waals surface area contributed by atoms with Gasteiger partial charge >= 0.3 is 0 Å². The first kappa shape index (κ1) is 8.14. The molecule has 0 fully saturated rings. The molecule has 0 aliphatic heterocycles. The summed E-state index contributed by atoms with van der Waals surface area (Å²) in [4.78, 5) is 10.7. The van der Waals surface area contributed by atoms with Crippen LogP contribution in [0.15, 0.2) is 5.16 Å². The van der Waals surface area contributed by atoms with Gasteiger partial charge in [-0.3, -0.25) is 4.79 Å². The van der Waals surface area contributed by atoms with E-state index >= 15 is 0 Å². The first-order chi connectivity index (χ1) is 4.26. The Morgan fingerprint density at radius 1 is 1.44 bits per heavy atom. The lowest BCUT2D eigenvalue weighted by Gasteiger charge is -1.93. The van der Waals surface area contributed by atoms with Gasteiger partial charge in [0.25, 0.3) is 0 Å². The van der Waals surface area contributed by atoms with Gasteiger partial charge in [0.05, 0.1) is 0 Å². The Morgan fingerprint density at radius 2 is 2.00 bits per heavy atom. The van der Waals surface area contributed by atoms with Gasteiger partial charge in [-0.15, -0.1) is 0 Å². The molecule has 1 N–H and O–H groups in total. The number of ketones is 1. The monoisotopic (exact) mass is 129 g/mol. The normalized spacial score (nSPS) is 11.6. The van der Waals surface area contributed by atoms with Crippen molar-refractivity contribution in [3.8, 4) is 0 Å². The van der Waals surface area contributed by atoms with Crippen molar-refractivity contribution in [1.29, 1.82) is 0 Å². The molecular weight excluding hydrogens is 118 g/mol. The fraction of sp³-hybridized carbons (Fsp3) is 0.667. The summed E-state index contributed by atoms with van der Waals surface area (Å²) >= 11 is 0. The highest BCUT2D eigenvalue weighted by Gasteiger charge is 2.05. The van der Waals surface area contributed by atoms with Crippen LogP contribution in [-0.2, 0) is 4.79 Å². The molecule has 52 valence electrons. The summed E-state index contributed by atoms with van der Waals surface area (Å²) < 4.78 is 0. The minimum absolute atomic E-state index is 0.0833. The van der Waals surface area contributed by atoms with Gasteiger partial charge in [-0.2, -0.15) is 0 Å². The molecule has 0 unspecified atom stereocenters. The van der Waals surface area contributed by atoms with Crippen LogP contribution in [0.25, 0.3) is 0 Å². The molecule has 0 atom stereocenters. The summed E-state index contributed by atoms with van der Waals surface area (Å²) in [5.74, 6) is -0.0833. The highest BCUT2D eigenvalue weighted by Crippen LogP contribution is 1.90. The smallest absolute Gasteiger partial charge is 0.180 e. The molecule has 0 spiro atoms. The van der Waals surface area contributed by atoms with Crippen molar-refractivity contribution in [1.82, 2.24) is 0 Å². The molecule has 0 saturated carbocycles. The fourth-order valence-electron chi connectivity index (χ4n) is 0.528. The molecule has 0 amide bonds. The maximum atomic E-state index is 10.7. The second kappa shape index (κ2) is 4.06. The minimum atomic E-state index is -0.0833. The van der Waals surface area contributed by atoms with E-state index in [-0.39, 0.29) is 11.5 Å². The van der Waals surface area contributed by atoms with Crippen molar-refractivity contribution in [3.63, 3.8) is 0 Å². The standard InChI is InChI=1S/C6H11NO2/c1-3-5(7-9)6(8)4-2/h9H,3-4H2,1-2H3/b7-5-. The lowest BCUT2D eigenvalue weighted by molar-refractivity contribution is -0.112. The quantitative estimate of drug-likeness (QED) is 0.353. The molecule has 0 aromatic heterocycles. The summed E-state index contributed by atoms with van der Waals surface area (Å²) in [7, 11) is 0. The van der Waals surface area contributed by atoms with Crippen molar-refractivity contribution < 1.29 is 10.0 Å². The minimum Gasteiger partial charge on any atom is -0.411 e. The molecule has 0 aliphatic carbocycles. The third-order valence-electron chi connectivity index (χ3n) is 1.10. The van der Waals surface area contributed by atoms with E-state index < -0.39 is 0 Å². The lowest BCUT2D eigenvalue weighted by atomic mass is 10.1. The number of rotatable bonds is 3. The zero-order valence-corrected chi connectivity index (χ0v) is 5.72. The number of hydrogen-bond acceptors (Lipinski definition) is 3. The maximum absolute atomic E-state index is 10.7. The fourth-order valence-corrected chi connectivity index (χ4v) is 0.528. The van der Waals surface area contributed by atoms with Crippen LogP contribution < -0.4 is 0 Å². The Bertz CT molecular complexity index is 129. The summed E-state index contributed by atoms with van der Waals surface area (Å²) in [6.45, 7) is 3.52. The van der Waals surface area contributed by atoms with Crippen LogP contribution in [0, 0.1) is 0 Å². The van der Waals surface area contributed by atoms with Gasteiger partial charge < -0.3 is 5.21 Å². The molecular formula is C6H11NO2. The molecule has 0 radical (unpaired) electrons. The first-order valence-electron chi connectivity index (χ1n) is 3.00. The number of carbonyl (C=O) groups excluding carboxylic acids is 1. The summed E-state index contributed by atoms with van der Waals surface area (Å²) in [6, 6.07) is 0. The van der Waals surface area contributed by atoms with Gasteiger partial charge in [0.1, 0.15) is 5.71 Å². The molecule has 9 heavy (non-hydrogen) atoms. The Labute approximate surface area is 54.4 Å². The van der Waals surface area contributed by atoms with Crippen molar-refractivity contribution >= 4 is 11.5 Å². The van der Waals surface area contributed by atoms with E-state index in [1.54, 1.807) is 13.8 Å². The van der Waals surface area contributed by atoms with Crippen LogP contribution in [0.1, 0.15) is 26.7 Å². The van der Waals surface area contributed by atoms with Crippen LogP contribution in [-0.4, -0.2) is 16.7 Å². The number of Topliss-reactive ketones (excluding diaryl/α,β-unsaturated/α-hetero) is 1. The topological polar surface area (TPSA) is 49.7 Å². The molecule has 0 aliphatic rings. The number of hydrogen-bond donors (Lipinski definition) is 1. The molecule has 0 saturated heterocycles. The number of oxime groups is 1. The van der Waals surface area contributed by atoms with Gasteiger partial charge in [0.15, 0.2) is 5.78 Å². The highest BCUT2D eigenvalue weighted by molar-refractivity contribution is 6.39. The number of nitrogens with zero attached hydrogens (tertiary/aromatic N) is 1. The van der Waals surface area contributed by atoms with Gasteiger partial charge in [-0.05, 0) is 6.42 Å². The Kier molecular flexibility index (Phi) is 3.67. The van der Waals surface area contributed by atoms with E-state index in [1.807, 2.05) is 0 Å². The van der Waals surface area contributed by atoms with Crippen LogP contribution >= 0.6 is 0 Å². The summed E-state index contributed by atoms with van der Waals surface area (Å²) in [6.07, 6.45) is 0.913. The van der Waals surface area contributed by atoms with Gasteiger partial charge in [0, 0.05) is 6.42 Å². The molecule has 0 bridgehead atoms. The Balaban J connectivity index is 3.97.